The van der Waals surface area contributed by atoms with Crippen molar-refractivity contribution >= 4 is 55.1 Å². The highest BCUT2D eigenvalue weighted by molar-refractivity contribution is 9.10. The topological polar surface area (TPSA) is 86.8 Å². The Bertz CT molecular complexity index is 1340. The second-order valence-corrected chi connectivity index (χ2v) is 11.7. The maximum Gasteiger partial charge on any atom is 0.244 e. The van der Waals surface area contributed by atoms with Crippen LogP contribution in [0.25, 0.3) is 0 Å². The molecule has 2 amide bonds. The van der Waals surface area contributed by atoms with Gasteiger partial charge in [0.15, 0.2) is 0 Å². The molecule has 0 unspecified atom stereocenters. The molecule has 7 nitrogen and oxygen atoms in total. The predicted octanol–water partition coefficient (Wildman–Crippen LogP) is 4.64. The van der Waals surface area contributed by atoms with Gasteiger partial charge in [0.2, 0.25) is 21.8 Å². The Hall–Kier alpha value is -2.88. The Labute approximate surface area is 231 Å². The Morgan fingerprint density at radius 3 is 2.24 bits per heavy atom. The van der Waals surface area contributed by atoms with Gasteiger partial charge in [-0.2, -0.15) is 0 Å². The van der Waals surface area contributed by atoms with Crippen LogP contribution in [0.3, 0.4) is 0 Å². The standard InChI is InChI=1S/C27H29BrClN3O4S/c1-3-30-27(34)25(17-20-10-5-4-6-11-20)31(18-21-12-9-13-22(28)16-21)26(33)19-32(37(2,35)36)24-15-8-7-14-23(24)29/h4-16,25H,3,17-19H2,1-2H3,(H,30,34)/t25-/m0/s1. The van der Waals surface area contributed by atoms with E-state index in [-0.39, 0.29) is 29.6 Å². The van der Waals surface area contributed by atoms with Gasteiger partial charge in [-0.3, -0.25) is 13.9 Å². The molecule has 37 heavy (non-hydrogen) atoms. The summed E-state index contributed by atoms with van der Waals surface area (Å²) in [6, 6.07) is 22.4. The minimum atomic E-state index is -3.87. The Kier molecular flexibility index (Phi) is 10.1. The van der Waals surface area contributed by atoms with Crippen LogP contribution in [0.1, 0.15) is 18.1 Å². The van der Waals surface area contributed by atoms with Crippen LogP contribution in [0, 0.1) is 0 Å². The van der Waals surface area contributed by atoms with E-state index in [2.05, 4.69) is 21.2 Å². The molecule has 1 atom stereocenters. The lowest BCUT2D eigenvalue weighted by molar-refractivity contribution is -0.140. The van der Waals surface area contributed by atoms with E-state index in [1.54, 1.807) is 31.2 Å². The van der Waals surface area contributed by atoms with E-state index in [0.717, 1.165) is 26.2 Å². The van der Waals surface area contributed by atoms with Crippen molar-refractivity contribution in [2.75, 3.05) is 23.7 Å². The number of halogens is 2. The van der Waals surface area contributed by atoms with Crippen LogP contribution in [0.15, 0.2) is 83.3 Å². The number of amides is 2. The van der Waals surface area contributed by atoms with E-state index < -0.39 is 28.5 Å². The molecule has 10 heteroatoms. The van der Waals surface area contributed by atoms with Crippen LogP contribution < -0.4 is 9.62 Å². The van der Waals surface area contributed by atoms with E-state index in [0.29, 0.717) is 6.54 Å². The molecule has 3 aromatic carbocycles. The number of hydrogen-bond acceptors (Lipinski definition) is 4. The van der Waals surface area contributed by atoms with Crippen molar-refractivity contribution in [2.45, 2.75) is 25.9 Å². The number of nitrogens with one attached hydrogen (secondary N) is 1. The molecule has 196 valence electrons. The van der Waals surface area contributed by atoms with Crippen molar-refractivity contribution in [1.29, 1.82) is 0 Å². The van der Waals surface area contributed by atoms with E-state index in [1.807, 2.05) is 54.6 Å². The van der Waals surface area contributed by atoms with E-state index >= 15 is 0 Å². The first-order chi connectivity index (χ1) is 17.6. The summed E-state index contributed by atoms with van der Waals surface area (Å²) < 4.78 is 27.3. The van der Waals surface area contributed by atoms with Gasteiger partial charge >= 0.3 is 0 Å². The molecular formula is C27H29BrClN3O4S. The summed E-state index contributed by atoms with van der Waals surface area (Å²) in [6.45, 7) is 1.78. The monoisotopic (exact) mass is 605 g/mol. The maximum absolute atomic E-state index is 13.9. The van der Waals surface area contributed by atoms with Gasteiger partial charge in [0, 0.05) is 24.0 Å². The van der Waals surface area contributed by atoms with Crippen LogP contribution in [0.4, 0.5) is 5.69 Å². The van der Waals surface area contributed by atoms with Crippen LogP contribution in [0.2, 0.25) is 5.02 Å². The van der Waals surface area contributed by atoms with Crippen LogP contribution in [-0.2, 0) is 32.6 Å². The van der Waals surface area contributed by atoms with Crippen molar-refractivity contribution < 1.29 is 18.0 Å². The smallest absolute Gasteiger partial charge is 0.244 e. The fourth-order valence-electron chi connectivity index (χ4n) is 3.93. The zero-order valence-electron chi connectivity index (χ0n) is 20.6. The fourth-order valence-corrected chi connectivity index (χ4v) is 5.52. The van der Waals surface area contributed by atoms with Gasteiger partial charge in [0.1, 0.15) is 12.6 Å². The Morgan fingerprint density at radius 2 is 1.62 bits per heavy atom. The molecule has 0 radical (unpaired) electrons. The van der Waals surface area contributed by atoms with Crippen molar-refractivity contribution in [3.8, 4) is 0 Å². The highest BCUT2D eigenvalue weighted by atomic mass is 79.9. The van der Waals surface area contributed by atoms with Crippen molar-refractivity contribution in [2.24, 2.45) is 0 Å². The molecule has 0 heterocycles. The Balaban J connectivity index is 2.05. The van der Waals surface area contributed by atoms with Gasteiger partial charge in [0.25, 0.3) is 0 Å². The minimum Gasteiger partial charge on any atom is -0.355 e. The summed E-state index contributed by atoms with van der Waals surface area (Å²) in [5.41, 5.74) is 1.85. The first kappa shape index (κ1) is 28.7. The molecule has 1 N–H and O–H groups in total. The maximum atomic E-state index is 13.9. The number of nitrogens with zero attached hydrogens (tertiary/aromatic N) is 2. The van der Waals surface area contributed by atoms with Gasteiger partial charge in [-0.25, -0.2) is 8.42 Å². The van der Waals surface area contributed by atoms with Crippen LogP contribution in [-0.4, -0.2) is 50.5 Å². The summed E-state index contributed by atoms with van der Waals surface area (Å²) in [6.07, 6.45) is 1.28. The molecule has 0 saturated heterocycles. The van der Waals surface area contributed by atoms with Crippen molar-refractivity contribution in [3.05, 3.63) is 99.5 Å². The third-order valence-corrected chi connectivity index (χ3v) is 7.60. The first-order valence-corrected chi connectivity index (χ1v) is 14.7. The Morgan fingerprint density at radius 1 is 0.973 bits per heavy atom. The number of likely N-dealkylation sites (N-methyl/N-ethyl adjacent to an activating group) is 1. The largest absolute Gasteiger partial charge is 0.355 e. The van der Waals surface area contributed by atoms with E-state index in [9.17, 15) is 18.0 Å². The highest BCUT2D eigenvalue weighted by Gasteiger charge is 2.33. The number of carbonyl (C=O) groups excluding carboxylic acids is 2. The fraction of sp³-hybridized carbons (Fsp3) is 0.259. The average Bonchev–Trinajstić information content (AvgIpc) is 2.85. The summed E-state index contributed by atoms with van der Waals surface area (Å²) in [5.74, 6) is -0.851. The van der Waals surface area contributed by atoms with Gasteiger partial charge < -0.3 is 10.2 Å². The molecule has 3 rings (SSSR count). The third-order valence-electron chi connectivity index (χ3n) is 5.66. The normalized spacial score (nSPS) is 12.0. The molecule has 0 aliphatic rings. The number of para-hydroxylation sites is 1. The zero-order valence-corrected chi connectivity index (χ0v) is 23.8. The molecule has 0 aliphatic carbocycles. The summed E-state index contributed by atoms with van der Waals surface area (Å²) in [5, 5.41) is 3.03. The summed E-state index contributed by atoms with van der Waals surface area (Å²) in [7, 11) is -3.87. The second-order valence-electron chi connectivity index (χ2n) is 8.47. The molecule has 0 aromatic heterocycles. The molecule has 0 bridgehead atoms. The SMILES string of the molecule is CCNC(=O)[C@H](Cc1ccccc1)N(Cc1cccc(Br)c1)C(=O)CN(c1ccccc1Cl)S(C)(=O)=O. The van der Waals surface area contributed by atoms with E-state index in [4.69, 9.17) is 11.6 Å². The molecular weight excluding hydrogens is 578 g/mol. The average molecular weight is 607 g/mol. The quantitative estimate of drug-likeness (QED) is 0.345. The lowest BCUT2D eigenvalue weighted by Crippen LogP contribution is -2.53. The number of carbonyl (C=O) groups is 2. The molecule has 0 saturated carbocycles. The van der Waals surface area contributed by atoms with Crippen LogP contribution >= 0.6 is 27.5 Å². The number of anilines is 1. The van der Waals surface area contributed by atoms with Gasteiger partial charge in [-0.05, 0) is 42.3 Å². The van der Waals surface area contributed by atoms with Crippen LogP contribution in [0.5, 0.6) is 0 Å². The lowest BCUT2D eigenvalue weighted by Gasteiger charge is -2.33. The second kappa shape index (κ2) is 13.1. The van der Waals surface area contributed by atoms with Gasteiger partial charge in [-0.1, -0.05) is 82.1 Å². The zero-order chi connectivity index (χ0) is 27.0. The molecule has 0 fully saturated rings. The van der Waals surface area contributed by atoms with Gasteiger partial charge in [0.05, 0.1) is 17.0 Å². The molecule has 0 aliphatic heterocycles. The number of sulfonamides is 1. The minimum absolute atomic E-state index is 0.104. The number of benzene rings is 3. The predicted molar refractivity (Wildman–Crippen MR) is 151 cm³/mol. The van der Waals surface area contributed by atoms with Gasteiger partial charge in [-0.15, -0.1) is 0 Å². The summed E-state index contributed by atoms with van der Waals surface area (Å²) >= 11 is 9.75. The van der Waals surface area contributed by atoms with Crippen molar-refractivity contribution in [1.82, 2.24) is 10.2 Å². The third kappa shape index (κ3) is 8.05. The number of hydrogen-bond donors (Lipinski definition) is 1. The van der Waals surface area contributed by atoms with Crippen molar-refractivity contribution in [3.63, 3.8) is 0 Å². The highest BCUT2D eigenvalue weighted by Crippen LogP contribution is 2.28. The molecule has 0 spiro atoms. The summed E-state index contributed by atoms with van der Waals surface area (Å²) in [4.78, 5) is 28.6. The van der Waals surface area contributed by atoms with E-state index in [1.165, 1.54) is 4.90 Å². The molecule has 3 aromatic rings. The lowest BCUT2D eigenvalue weighted by atomic mass is 10.0. The number of rotatable bonds is 11. The first-order valence-electron chi connectivity index (χ1n) is 11.7.